The molecule has 4 heteroatoms. The lowest BCUT2D eigenvalue weighted by Crippen LogP contribution is -2.22. The predicted octanol–water partition coefficient (Wildman–Crippen LogP) is 3.96. The second kappa shape index (κ2) is 6.61. The second-order valence-electron chi connectivity index (χ2n) is 5.86. The van der Waals surface area contributed by atoms with Gasteiger partial charge in [0, 0.05) is 41.8 Å². The maximum Gasteiger partial charge on any atom is 0.251 e. The van der Waals surface area contributed by atoms with Crippen LogP contribution in [-0.4, -0.2) is 15.5 Å². The molecule has 0 aliphatic rings. The third-order valence-corrected chi connectivity index (χ3v) is 4.13. The van der Waals surface area contributed by atoms with Crippen molar-refractivity contribution >= 4 is 16.8 Å². The fourth-order valence-electron chi connectivity index (χ4n) is 2.81. The van der Waals surface area contributed by atoms with Crippen LogP contribution in [-0.2, 0) is 6.54 Å². The number of fused-ring (bicyclic) bond motifs is 1. The van der Waals surface area contributed by atoms with Crippen LogP contribution in [0.25, 0.3) is 16.6 Å². The van der Waals surface area contributed by atoms with Gasteiger partial charge in [-0.25, -0.2) is 0 Å². The number of carbonyl (C=O) groups is 1. The Balaban J connectivity index is 1.45. The number of pyridine rings is 1. The molecule has 2 heterocycles. The van der Waals surface area contributed by atoms with Crippen LogP contribution >= 0.6 is 0 Å². The largest absolute Gasteiger partial charge is 0.348 e. The van der Waals surface area contributed by atoms with Crippen molar-refractivity contribution in [2.24, 2.45) is 0 Å². The van der Waals surface area contributed by atoms with E-state index in [1.807, 2.05) is 77.6 Å². The molecule has 4 rings (SSSR count). The highest BCUT2D eigenvalue weighted by Crippen LogP contribution is 2.14. The van der Waals surface area contributed by atoms with Crippen molar-refractivity contribution in [3.8, 4) is 5.69 Å². The number of rotatable bonds is 4. The van der Waals surface area contributed by atoms with Crippen LogP contribution in [0.1, 0.15) is 15.9 Å². The van der Waals surface area contributed by atoms with Crippen molar-refractivity contribution in [2.75, 3.05) is 0 Å². The van der Waals surface area contributed by atoms with Crippen LogP contribution in [0.3, 0.4) is 0 Å². The molecule has 4 nitrogen and oxygen atoms in total. The molecule has 25 heavy (non-hydrogen) atoms. The highest BCUT2D eigenvalue weighted by atomic mass is 16.1. The Kier molecular flexibility index (Phi) is 4.01. The first-order valence-electron chi connectivity index (χ1n) is 8.15. The minimum atomic E-state index is -0.0850. The van der Waals surface area contributed by atoms with E-state index in [-0.39, 0.29) is 5.91 Å². The molecule has 4 aromatic rings. The zero-order valence-electron chi connectivity index (χ0n) is 13.6. The van der Waals surface area contributed by atoms with Crippen LogP contribution in [0.15, 0.2) is 85.3 Å². The van der Waals surface area contributed by atoms with Gasteiger partial charge in [-0.05, 0) is 48.0 Å². The molecule has 0 bridgehead atoms. The molecular weight excluding hydrogens is 310 g/mol. The maximum absolute atomic E-state index is 12.4. The highest BCUT2D eigenvalue weighted by molar-refractivity contribution is 5.97. The summed E-state index contributed by atoms with van der Waals surface area (Å²) in [6, 6.07) is 21.5. The van der Waals surface area contributed by atoms with Gasteiger partial charge in [0.25, 0.3) is 5.91 Å². The topological polar surface area (TPSA) is 46.9 Å². The number of carbonyl (C=O) groups excluding carboxylic acids is 1. The molecule has 122 valence electrons. The lowest BCUT2D eigenvalue weighted by Gasteiger charge is -2.05. The Labute approximate surface area is 145 Å². The standard InChI is InChI=1S/C21H17N3O/c25-21(18-8-9-20-17(13-18)5-4-11-22-20)23-14-16-10-12-24(15-16)19-6-2-1-3-7-19/h1-13,15H,14H2,(H,23,25). The van der Waals surface area contributed by atoms with E-state index < -0.39 is 0 Å². The van der Waals surface area contributed by atoms with E-state index in [2.05, 4.69) is 10.3 Å². The summed E-state index contributed by atoms with van der Waals surface area (Å²) in [5.41, 5.74) is 3.68. The summed E-state index contributed by atoms with van der Waals surface area (Å²) in [6.07, 6.45) is 5.78. The quantitative estimate of drug-likeness (QED) is 0.617. The van der Waals surface area contributed by atoms with Gasteiger partial charge in [0.2, 0.25) is 0 Å². The summed E-state index contributed by atoms with van der Waals surface area (Å²) in [5.74, 6) is -0.0850. The number of benzene rings is 2. The van der Waals surface area contributed by atoms with Crippen molar-refractivity contribution in [1.29, 1.82) is 0 Å². The molecule has 1 amide bonds. The smallest absolute Gasteiger partial charge is 0.251 e. The van der Waals surface area contributed by atoms with E-state index >= 15 is 0 Å². The molecular formula is C21H17N3O. The highest BCUT2D eigenvalue weighted by Gasteiger charge is 2.07. The van der Waals surface area contributed by atoms with Gasteiger partial charge in [0.15, 0.2) is 0 Å². The summed E-state index contributed by atoms with van der Waals surface area (Å²) in [4.78, 5) is 16.7. The third-order valence-electron chi connectivity index (χ3n) is 4.13. The van der Waals surface area contributed by atoms with Gasteiger partial charge in [-0.3, -0.25) is 9.78 Å². The fraction of sp³-hybridized carbons (Fsp3) is 0.0476. The maximum atomic E-state index is 12.4. The zero-order valence-corrected chi connectivity index (χ0v) is 13.6. The Morgan fingerprint density at radius 3 is 2.76 bits per heavy atom. The van der Waals surface area contributed by atoms with E-state index in [0.29, 0.717) is 12.1 Å². The molecule has 0 aliphatic heterocycles. The number of nitrogens with one attached hydrogen (secondary N) is 1. The van der Waals surface area contributed by atoms with Crippen molar-refractivity contribution in [3.05, 3.63) is 96.4 Å². The average Bonchev–Trinajstić information content (AvgIpc) is 3.15. The molecule has 0 spiro atoms. The first-order chi connectivity index (χ1) is 12.3. The number of hydrogen-bond donors (Lipinski definition) is 1. The van der Waals surface area contributed by atoms with Crippen LogP contribution in [0.5, 0.6) is 0 Å². The van der Waals surface area contributed by atoms with E-state index in [0.717, 1.165) is 22.2 Å². The molecule has 2 aromatic carbocycles. The first-order valence-corrected chi connectivity index (χ1v) is 8.15. The van der Waals surface area contributed by atoms with Gasteiger partial charge in [-0.2, -0.15) is 0 Å². The Morgan fingerprint density at radius 2 is 1.88 bits per heavy atom. The third kappa shape index (κ3) is 3.28. The summed E-state index contributed by atoms with van der Waals surface area (Å²) in [5, 5.41) is 3.94. The minimum Gasteiger partial charge on any atom is -0.348 e. The monoisotopic (exact) mass is 327 g/mol. The van der Waals surface area contributed by atoms with E-state index in [9.17, 15) is 4.79 Å². The first kappa shape index (κ1) is 15.1. The lowest BCUT2D eigenvalue weighted by molar-refractivity contribution is 0.0951. The summed E-state index contributed by atoms with van der Waals surface area (Å²) >= 11 is 0. The Hall–Kier alpha value is -3.40. The molecule has 0 radical (unpaired) electrons. The van der Waals surface area contributed by atoms with Gasteiger partial charge < -0.3 is 9.88 Å². The predicted molar refractivity (Wildman–Crippen MR) is 98.7 cm³/mol. The summed E-state index contributed by atoms with van der Waals surface area (Å²) in [7, 11) is 0. The van der Waals surface area contributed by atoms with E-state index in [4.69, 9.17) is 0 Å². The molecule has 0 saturated heterocycles. The SMILES string of the molecule is O=C(NCc1ccn(-c2ccccc2)c1)c1ccc2ncccc2c1. The molecule has 1 N–H and O–H groups in total. The van der Waals surface area contributed by atoms with Crippen LogP contribution in [0, 0.1) is 0 Å². The number of aromatic nitrogens is 2. The van der Waals surface area contributed by atoms with Crippen molar-refractivity contribution < 1.29 is 4.79 Å². The molecule has 0 aliphatic carbocycles. The normalized spacial score (nSPS) is 10.7. The van der Waals surface area contributed by atoms with Gasteiger partial charge >= 0.3 is 0 Å². The summed E-state index contributed by atoms with van der Waals surface area (Å²) < 4.78 is 2.04. The average molecular weight is 327 g/mol. The van der Waals surface area contributed by atoms with E-state index in [1.165, 1.54) is 0 Å². The van der Waals surface area contributed by atoms with Crippen LogP contribution < -0.4 is 5.32 Å². The van der Waals surface area contributed by atoms with E-state index in [1.54, 1.807) is 12.3 Å². The van der Waals surface area contributed by atoms with Crippen molar-refractivity contribution in [3.63, 3.8) is 0 Å². The lowest BCUT2D eigenvalue weighted by atomic mass is 10.1. The molecule has 2 aromatic heterocycles. The molecule has 0 unspecified atom stereocenters. The fourth-order valence-corrected chi connectivity index (χ4v) is 2.81. The second-order valence-corrected chi connectivity index (χ2v) is 5.86. The number of para-hydroxylation sites is 1. The summed E-state index contributed by atoms with van der Waals surface area (Å²) in [6.45, 7) is 0.490. The minimum absolute atomic E-state index is 0.0850. The van der Waals surface area contributed by atoms with Crippen LogP contribution in [0.4, 0.5) is 0 Å². The Morgan fingerprint density at radius 1 is 1.00 bits per heavy atom. The molecule has 0 saturated carbocycles. The number of amides is 1. The van der Waals surface area contributed by atoms with Gasteiger partial charge in [0.05, 0.1) is 5.52 Å². The van der Waals surface area contributed by atoms with Gasteiger partial charge in [-0.15, -0.1) is 0 Å². The van der Waals surface area contributed by atoms with Gasteiger partial charge in [0.1, 0.15) is 0 Å². The van der Waals surface area contributed by atoms with Gasteiger partial charge in [-0.1, -0.05) is 24.3 Å². The number of hydrogen-bond acceptors (Lipinski definition) is 2. The number of nitrogens with zero attached hydrogens (tertiary/aromatic N) is 2. The van der Waals surface area contributed by atoms with Crippen LogP contribution in [0.2, 0.25) is 0 Å². The van der Waals surface area contributed by atoms with Crippen molar-refractivity contribution in [1.82, 2.24) is 14.9 Å². The van der Waals surface area contributed by atoms with Crippen molar-refractivity contribution in [2.45, 2.75) is 6.54 Å². The molecule has 0 fully saturated rings. The Bertz CT molecular complexity index is 1020. The zero-order chi connectivity index (χ0) is 17.1. The molecule has 0 atom stereocenters.